The first kappa shape index (κ1) is 28.6. The Balaban J connectivity index is 1.01. The van der Waals surface area contributed by atoms with E-state index in [9.17, 15) is 14.7 Å². The summed E-state index contributed by atoms with van der Waals surface area (Å²) in [5, 5.41) is 16.8. The molecule has 3 aliphatic carbocycles. The van der Waals surface area contributed by atoms with Crippen molar-refractivity contribution in [1.82, 2.24) is 20.1 Å². The number of rotatable bonds is 11. The number of alkyl carbamates (subject to hydrolysis) is 1. The van der Waals surface area contributed by atoms with E-state index in [-0.39, 0.29) is 24.7 Å². The number of hydrogen-bond donors (Lipinski definition) is 2. The molecule has 2 saturated carbocycles. The third kappa shape index (κ3) is 7.22. The van der Waals surface area contributed by atoms with Gasteiger partial charge in [-0.2, -0.15) is 5.10 Å². The van der Waals surface area contributed by atoms with Crippen LogP contribution >= 0.6 is 0 Å². The van der Waals surface area contributed by atoms with Crippen LogP contribution in [0.3, 0.4) is 0 Å². The molecule has 2 N–H and O–H groups in total. The number of aryl methyl sites for hydroxylation is 5. The number of carboxylic acid groups (broad SMARTS) is 1. The lowest BCUT2D eigenvalue weighted by Gasteiger charge is -2.35. The number of fused-ring (bicyclic) bond motifs is 1. The number of nitrogens with one attached hydrogen (secondary N) is 1. The number of ether oxygens (including phenoxy) is 2. The number of amides is 1. The Morgan fingerprint density at radius 1 is 1.12 bits per heavy atom. The highest BCUT2D eigenvalue weighted by atomic mass is 16.6. The fraction of sp³-hybridized carbons (Fsp3) is 0.677. The Morgan fingerprint density at radius 2 is 1.93 bits per heavy atom. The maximum Gasteiger partial charge on any atom is 0.408 e. The zero-order valence-corrected chi connectivity index (χ0v) is 23.9. The van der Waals surface area contributed by atoms with E-state index in [1.807, 2.05) is 24.6 Å². The number of hydrogen-bond acceptors (Lipinski definition) is 6. The SMILES string of the molecule is Cc1cc(C)n(C2CCCCC2OC(=O)NC(CCOC2CC(CCc3ccc4c(n3)CCCC4)C2)C(=O)O)n1. The molecule has 3 unspecified atom stereocenters. The van der Waals surface area contributed by atoms with E-state index < -0.39 is 18.1 Å². The van der Waals surface area contributed by atoms with E-state index in [4.69, 9.17) is 14.5 Å². The quantitative estimate of drug-likeness (QED) is 0.391. The molecule has 2 fully saturated rings. The van der Waals surface area contributed by atoms with Gasteiger partial charge >= 0.3 is 12.1 Å². The van der Waals surface area contributed by atoms with E-state index in [1.165, 1.54) is 29.8 Å². The predicted molar refractivity (Wildman–Crippen MR) is 150 cm³/mol. The van der Waals surface area contributed by atoms with Crippen LogP contribution in [0.15, 0.2) is 18.2 Å². The standard InChI is InChI=1S/C31H44N4O5/c1-20-17-21(2)35(34-20)28-9-5-6-10-29(28)40-31(38)33-27(30(36)37)15-16-39-25-18-22(19-25)11-13-24-14-12-23-7-3-4-8-26(23)32-24/h12,14,17,22,25,27-29H,3-11,13,15-16,18-19H2,1-2H3,(H,33,38)(H,36,37). The molecule has 0 radical (unpaired) electrons. The summed E-state index contributed by atoms with van der Waals surface area (Å²) in [6, 6.07) is 5.39. The van der Waals surface area contributed by atoms with E-state index >= 15 is 0 Å². The molecular formula is C31H44N4O5. The monoisotopic (exact) mass is 552 g/mol. The first-order chi connectivity index (χ1) is 19.4. The van der Waals surface area contributed by atoms with Crippen molar-refractivity contribution in [1.29, 1.82) is 0 Å². The molecule has 0 spiro atoms. The Kier molecular flexibility index (Phi) is 9.40. The summed E-state index contributed by atoms with van der Waals surface area (Å²) >= 11 is 0. The van der Waals surface area contributed by atoms with Crippen LogP contribution in [0, 0.1) is 19.8 Å². The van der Waals surface area contributed by atoms with Gasteiger partial charge in [-0.05, 0) is 108 Å². The Labute approximate surface area is 237 Å². The van der Waals surface area contributed by atoms with E-state index in [0.717, 1.165) is 75.6 Å². The van der Waals surface area contributed by atoms with Crippen LogP contribution in [0.1, 0.15) is 98.6 Å². The molecule has 3 atom stereocenters. The van der Waals surface area contributed by atoms with Crippen molar-refractivity contribution in [2.45, 2.75) is 122 Å². The molecule has 218 valence electrons. The van der Waals surface area contributed by atoms with Crippen LogP contribution in [0.25, 0.3) is 0 Å². The van der Waals surface area contributed by atoms with Crippen LogP contribution in [-0.2, 0) is 33.5 Å². The molecule has 0 aromatic carbocycles. The molecule has 9 heteroatoms. The largest absolute Gasteiger partial charge is 0.480 e. The van der Waals surface area contributed by atoms with Crippen molar-refractivity contribution in [2.24, 2.45) is 5.92 Å². The summed E-state index contributed by atoms with van der Waals surface area (Å²) in [4.78, 5) is 29.4. The zero-order chi connectivity index (χ0) is 28.1. The molecule has 1 amide bonds. The summed E-state index contributed by atoms with van der Waals surface area (Å²) < 4.78 is 13.7. The average Bonchev–Trinajstić information content (AvgIpc) is 3.26. The third-order valence-corrected chi connectivity index (χ3v) is 8.87. The highest BCUT2D eigenvalue weighted by Gasteiger charge is 2.33. The second-order valence-corrected chi connectivity index (χ2v) is 12.0. The second-order valence-electron chi connectivity index (χ2n) is 12.0. The first-order valence-electron chi connectivity index (χ1n) is 15.2. The van der Waals surface area contributed by atoms with Gasteiger partial charge in [-0.1, -0.05) is 12.5 Å². The van der Waals surface area contributed by atoms with Gasteiger partial charge in [0.05, 0.1) is 17.8 Å². The maximum absolute atomic E-state index is 12.7. The van der Waals surface area contributed by atoms with E-state index in [1.54, 1.807) is 0 Å². The maximum atomic E-state index is 12.7. The summed E-state index contributed by atoms with van der Waals surface area (Å²) in [7, 11) is 0. The van der Waals surface area contributed by atoms with Gasteiger partial charge in [0.25, 0.3) is 0 Å². The fourth-order valence-electron chi connectivity index (χ4n) is 6.56. The first-order valence-corrected chi connectivity index (χ1v) is 15.2. The van der Waals surface area contributed by atoms with Crippen LogP contribution in [0.4, 0.5) is 4.79 Å². The number of pyridine rings is 1. The molecule has 5 rings (SSSR count). The molecule has 0 bridgehead atoms. The average molecular weight is 553 g/mol. The number of aliphatic carboxylic acids is 1. The number of carboxylic acids is 1. The fourth-order valence-corrected chi connectivity index (χ4v) is 6.56. The second kappa shape index (κ2) is 13.1. The van der Waals surface area contributed by atoms with E-state index in [2.05, 4.69) is 22.5 Å². The van der Waals surface area contributed by atoms with Gasteiger partial charge in [0.2, 0.25) is 0 Å². The van der Waals surface area contributed by atoms with Crippen LogP contribution < -0.4 is 5.32 Å². The molecule has 2 aromatic rings. The van der Waals surface area contributed by atoms with Gasteiger partial charge < -0.3 is 19.9 Å². The zero-order valence-electron chi connectivity index (χ0n) is 23.9. The number of carbonyl (C=O) groups is 2. The normalized spacial score (nSPS) is 24.9. The van der Waals surface area contributed by atoms with Gasteiger partial charge in [-0.3, -0.25) is 9.67 Å². The molecule has 0 aliphatic heterocycles. The Morgan fingerprint density at radius 3 is 2.70 bits per heavy atom. The van der Waals surface area contributed by atoms with Crippen molar-refractivity contribution < 1.29 is 24.2 Å². The van der Waals surface area contributed by atoms with Gasteiger partial charge in [0, 0.05) is 30.1 Å². The third-order valence-electron chi connectivity index (χ3n) is 8.87. The highest BCUT2D eigenvalue weighted by molar-refractivity contribution is 5.79. The van der Waals surface area contributed by atoms with Crippen molar-refractivity contribution in [2.75, 3.05) is 6.61 Å². The lowest BCUT2D eigenvalue weighted by Crippen LogP contribution is -2.45. The molecule has 2 heterocycles. The topological polar surface area (TPSA) is 116 Å². The summed E-state index contributed by atoms with van der Waals surface area (Å²) in [5.74, 6) is -0.458. The van der Waals surface area contributed by atoms with Crippen molar-refractivity contribution in [3.63, 3.8) is 0 Å². The predicted octanol–water partition coefficient (Wildman–Crippen LogP) is 5.25. The molecule has 2 aromatic heterocycles. The molecular weight excluding hydrogens is 508 g/mol. The van der Waals surface area contributed by atoms with Crippen LogP contribution in [0.5, 0.6) is 0 Å². The molecule has 40 heavy (non-hydrogen) atoms. The van der Waals surface area contributed by atoms with Crippen molar-refractivity contribution >= 4 is 12.1 Å². The van der Waals surface area contributed by atoms with Gasteiger partial charge in [-0.25, -0.2) is 9.59 Å². The lowest BCUT2D eigenvalue weighted by atomic mass is 9.79. The van der Waals surface area contributed by atoms with E-state index in [0.29, 0.717) is 12.5 Å². The molecule has 0 saturated heterocycles. The van der Waals surface area contributed by atoms with Gasteiger partial charge in [0.1, 0.15) is 12.1 Å². The van der Waals surface area contributed by atoms with Gasteiger partial charge in [-0.15, -0.1) is 0 Å². The minimum Gasteiger partial charge on any atom is -0.480 e. The summed E-state index contributed by atoms with van der Waals surface area (Å²) in [6.07, 6.45) is 11.9. The summed E-state index contributed by atoms with van der Waals surface area (Å²) in [6.45, 7) is 4.24. The molecule has 9 nitrogen and oxygen atoms in total. The Hall–Kier alpha value is -2.94. The van der Waals surface area contributed by atoms with Crippen molar-refractivity contribution in [3.05, 3.63) is 46.5 Å². The lowest BCUT2D eigenvalue weighted by molar-refractivity contribution is -0.140. The minimum atomic E-state index is -1.08. The Bertz CT molecular complexity index is 1170. The minimum absolute atomic E-state index is 0.0330. The van der Waals surface area contributed by atoms with Crippen LogP contribution in [0.2, 0.25) is 0 Å². The molecule has 3 aliphatic rings. The van der Waals surface area contributed by atoms with Crippen molar-refractivity contribution in [3.8, 4) is 0 Å². The highest BCUT2D eigenvalue weighted by Crippen LogP contribution is 2.34. The number of nitrogens with zero attached hydrogens (tertiary/aromatic N) is 3. The smallest absolute Gasteiger partial charge is 0.408 e. The number of aromatic nitrogens is 3. The van der Waals surface area contributed by atoms with Crippen LogP contribution in [-0.4, -0.2) is 56.8 Å². The number of carbonyl (C=O) groups excluding carboxylic acids is 1. The summed E-state index contributed by atoms with van der Waals surface area (Å²) in [5.41, 5.74) is 5.88. The van der Waals surface area contributed by atoms with Gasteiger partial charge in [0.15, 0.2) is 0 Å².